The Morgan fingerprint density at radius 2 is 1.89 bits per heavy atom. The minimum Gasteiger partial charge on any atom is -0.373 e. The second-order valence-corrected chi connectivity index (χ2v) is 6.11. The molecule has 2 nitrogen and oxygen atoms in total. The molecule has 0 aromatic heterocycles. The highest BCUT2D eigenvalue weighted by Crippen LogP contribution is 2.43. The lowest BCUT2D eigenvalue weighted by molar-refractivity contribution is 0.0955. The lowest BCUT2D eigenvalue weighted by atomic mass is 9.93. The molecule has 4 unspecified atom stereocenters. The number of ether oxygens (including phenoxy) is 1. The molecule has 3 aliphatic rings. The Balaban J connectivity index is 1.50. The summed E-state index contributed by atoms with van der Waals surface area (Å²) in [4.78, 5) is 0. The molecule has 2 saturated heterocycles. The smallest absolute Gasteiger partial charge is 0.0733 e. The monoisotopic (exact) mass is 243 g/mol. The van der Waals surface area contributed by atoms with Gasteiger partial charge in [-0.15, -0.1) is 0 Å². The first-order valence-electron chi connectivity index (χ1n) is 7.36. The molecule has 2 heteroatoms. The Bertz CT molecular complexity index is 414. The summed E-state index contributed by atoms with van der Waals surface area (Å²) in [6.07, 6.45) is 7.56. The van der Waals surface area contributed by atoms with Crippen LogP contribution in [0.15, 0.2) is 30.3 Å². The molecule has 1 aromatic rings. The van der Waals surface area contributed by atoms with E-state index >= 15 is 0 Å². The van der Waals surface area contributed by atoms with Crippen molar-refractivity contribution in [2.24, 2.45) is 5.92 Å². The molecule has 1 saturated carbocycles. The molecule has 0 amide bonds. The molecular weight excluding hydrogens is 222 g/mol. The van der Waals surface area contributed by atoms with Crippen molar-refractivity contribution in [2.45, 2.75) is 56.4 Å². The van der Waals surface area contributed by atoms with Gasteiger partial charge in [0.05, 0.1) is 12.2 Å². The molecule has 0 spiro atoms. The van der Waals surface area contributed by atoms with Crippen LogP contribution in [0.4, 0.5) is 0 Å². The number of fused-ring (bicyclic) bond motifs is 2. The molecule has 1 aromatic carbocycles. The highest BCUT2D eigenvalue weighted by molar-refractivity contribution is 5.21. The van der Waals surface area contributed by atoms with Crippen molar-refractivity contribution < 1.29 is 4.74 Å². The van der Waals surface area contributed by atoms with Crippen molar-refractivity contribution in [1.82, 2.24) is 5.32 Å². The van der Waals surface area contributed by atoms with Gasteiger partial charge < -0.3 is 10.1 Å². The first-order valence-corrected chi connectivity index (χ1v) is 7.36. The van der Waals surface area contributed by atoms with Crippen LogP contribution in [0, 0.1) is 5.92 Å². The number of hydrogen-bond acceptors (Lipinski definition) is 2. The van der Waals surface area contributed by atoms with Gasteiger partial charge in [0.25, 0.3) is 0 Å². The maximum atomic E-state index is 5.96. The van der Waals surface area contributed by atoms with Crippen LogP contribution in [0.5, 0.6) is 0 Å². The average Bonchev–Trinajstić information content (AvgIpc) is 3.05. The predicted molar refractivity (Wildman–Crippen MR) is 71.3 cm³/mol. The fourth-order valence-corrected chi connectivity index (χ4v) is 3.64. The first-order chi connectivity index (χ1) is 8.90. The Labute approximate surface area is 109 Å². The van der Waals surface area contributed by atoms with E-state index in [1.165, 1.54) is 37.7 Å². The van der Waals surface area contributed by atoms with Crippen LogP contribution >= 0.6 is 0 Å². The number of benzene rings is 1. The van der Waals surface area contributed by atoms with Crippen LogP contribution in [0.1, 0.15) is 43.7 Å². The number of hydrogen-bond donors (Lipinski definition) is 1. The number of rotatable bonds is 4. The molecule has 1 aliphatic carbocycles. The standard InChI is InChI=1S/C16H21NO/c1-2-4-11(5-3-1)16(12-6-7-12)17-14-10-13-8-9-15(14)18-13/h1-5,12-17H,6-10H2. The van der Waals surface area contributed by atoms with E-state index in [9.17, 15) is 0 Å². The summed E-state index contributed by atoms with van der Waals surface area (Å²) in [6, 6.07) is 12.1. The van der Waals surface area contributed by atoms with E-state index in [1.807, 2.05) is 0 Å². The number of nitrogens with one attached hydrogen (secondary N) is 1. The van der Waals surface area contributed by atoms with Crippen molar-refractivity contribution in [2.75, 3.05) is 0 Å². The van der Waals surface area contributed by atoms with E-state index in [0.29, 0.717) is 24.3 Å². The lowest BCUT2D eigenvalue weighted by Gasteiger charge is -2.27. The van der Waals surface area contributed by atoms with Crippen molar-refractivity contribution in [3.63, 3.8) is 0 Å². The Kier molecular flexibility index (Phi) is 2.66. The van der Waals surface area contributed by atoms with Crippen LogP contribution in [-0.2, 0) is 4.74 Å². The topological polar surface area (TPSA) is 21.3 Å². The van der Waals surface area contributed by atoms with Crippen molar-refractivity contribution in [1.29, 1.82) is 0 Å². The van der Waals surface area contributed by atoms with E-state index in [4.69, 9.17) is 4.74 Å². The van der Waals surface area contributed by atoms with Gasteiger partial charge in [-0.05, 0) is 43.6 Å². The zero-order valence-corrected chi connectivity index (χ0v) is 10.7. The molecule has 1 N–H and O–H groups in total. The third-order valence-electron chi connectivity index (χ3n) is 4.75. The van der Waals surface area contributed by atoms with Crippen LogP contribution in [-0.4, -0.2) is 18.2 Å². The van der Waals surface area contributed by atoms with Gasteiger partial charge in [0.2, 0.25) is 0 Å². The van der Waals surface area contributed by atoms with Gasteiger partial charge in [-0.2, -0.15) is 0 Å². The maximum absolute atomic E-state index is 5.96. The van der Waals surface area contributed by atoms with Crippen LogP contribution in [0.2, 0.25) is 0 Å². The van der Waals surface area contributed by atoms with Crippen LogP contribution in [0.25, 0.3) is 0 Å². The average molecular weight is 243 g/mol. The van der Waals surface area contributed by atoms with Crippen LogP contribution < -0.4 is 5.32 Å². The normalized spacial score (nSPS) is 35.9. The summed E-state index contributed by atoms with van der Waals surface area (Å²) < 4.78 is 5.96. The third-order valence-corrected chi connectivity index (χ3v) is 4.75. The molecular formula is C16H21NO. The Morgan fingerprint density at radius 3 is 2.50 bits per heavy atom. The maximum Gasteiger partial charge on any atom is 0.0733 e. The van der Waals surface area contributed by atoms with Gasteiger partial charge >= 0.3 is 0 Å². The molecule has 4 atom stereocenters. The lowest BCUT2D eigenvalue weighted by Crippen LogP contribution is -2.40. The van der Waals surface area contributed by atoms with Crippen molar-refractivity contribution in [3.05, 3.63) is 35.9 Å². The molecule has 2 aliphatic heterocycles. The largest absolute Gasteiger partial charge is 0.373 e. The van der Waals surface area contributed by atoms with Gasteiger partial charge in [-0.3, -0.25) is 0 Å². The molecule has 3 fully saturated rings. The second-order valence-electron chi connectivity index (χ2n) is 6.11. The van der Waals surface area contributed by atoms with E-state index in [1.54, 1.807) is 0 Å². The second kappa shape index (κ2) is 4.36. The van der Waals surface area contributed by atoms with E-state index < -0.39 is 0 Å². The van der Waals surface area contributed by atoms with E-state index in [0.717, 1.165) is 5.92 Å². The fourth-order valence-electron chi connectivity index (χ4n) is 3.64. The quantitative estimate of drug-likeness (QED) is 0.877. The fraction of sp³-hybridized carbons (Fsp3) is 0.625. The van der Waals surface area contributed by atoms with E-state index in [2.05, 4.69) is 35.6 Å². The van der Waals surface area contributed by atoms with Gasteiger partial charge in [0.1, 0.15) is 0 Å². The predicted octanol–water partition coefficient (Wildman–Crippen LogP) is 3.05. The SMILES string of the molecule is c1ccc(C(NC2CC3CCC2O3)C2CC2)cc1. The minimum atomic E-state index is 0.486. The van der Waals surface area contributed by atoms with Crippen LogP contribution in [0.3, 0.4) is 0 Å². The Morgan fingerprint density at radius 1 is 1.06 bits per heavy atom. The zero-order valence-electron chi connectivity index (χ0n) is 10.7. The van der Waals surface area contributed by atoms with Crippen molar-refractivity contribution in [3.8, 4) is 0 Å². The summed E-state index contributed by atoms with van der Waals surface area (Å²) in [5, 5.41) is 3.90. The van der Waals surface area contributed by atoms with Gasteiger partial charge in [-0.1, -0.05) is 30.3 Å². The molecule has 2 heterocycles. The highest BCUT2D eigenvalue weighted by atomic mass is 16.5. The first kappa shape index (κ1) is 11.0. The van der Waals surface area contributed by atoms with Gasteiger partial charge in [0, 0.05) is 12.1 Å². The summed E-state index contributed by atoms with van der Waals surface area (Å²) in [5.41, 5.74) is 1.46. The Hall–Kier alpha value is -0.860. The summed E-state index contributed by atoms with van der Waals surface area (Å²) in [6.45, 7) is 0. The highest BCUT2D eigenvalue weighted by Gasteiger charge is 2.43. The molecule has 96 valence electrons. The zero-order chi connectivity index (χ0) is 11.9. The molecule has 18 heavy (non-hydrogen) atoms. The van der Waals surface area contributed by atoms with Gasteiger partial charge in [0.15, 0.2) is 0 Å². The van der Waals surface area contributed by atoms with E-state index in [-0.39, 0.29) is 0 Å². The minimum absolute atomic E-state index is 0.486. The third kappa shape index (κ3) is 1.98. The summed E-state index contributed by atoms with van der Waals surface area (Å²) in [7, 11) is 0. The molecule has 2 bridgehead atoms. The molecule has 4 rings (SSSR count). The van der Waals surface area contributed by atoms with Gasteiger partial charge in [-0.25, -0.2) is 0 Å². The molecule has 0 radical (unpaired) electrons. The summed E-state index contributed by atoms with van der Waals surface area (Å²) in [5.74, 6) is 0.853. The van der Waals surface area contributed by atoms with Crippen molar-refractivity contribution >= 4 is 0 Å². The summed E-state index contributed by atoms with van der Waals surface area (Å²) >= 11 is 0.